The Morgan fingerprint density at radius 2 is 0.701 bits per heavy atom. The fourth-order valence-corrected chi connectivity index (χ4v) is 9.64. The molecule has 0 radical (unpaired) electrons. The van der Waals surface area contributed by atoms with E-state index in [9.17, 15) is 19.8 Å². The third-order valence-electron chi connectivity index (χ3n) is 14.3. The average molecular weight is 947 g/mol. The zero-order valence-electron chi connectivity index (χ0n) is 45.4. The van der Waals surface area contributed by atoms with Gasteiger partial charge in [0.1, 0.15) is 0 Å². The van der Waals surface area contributed by atoms with Gasteiger partial charge < -0.3 is 20.3 Å². The first-order valence-electron chi connectivity index (χ1n) is 30.4. The van der Waals surface area contributed by atoms with Crippen LogP contribution in [0.5, 0.6) is 0 Å². The van der Waals surface area contributed by atoms with Crippen molar-refractivity contribution in [1.82, 2.24) is 5.32 Å². The Bertz CT molecular complexity index is 1000. The number of carbonyl (C=O) groups excluding carboxylic acids is 2. The quantitative estimate of drug-likeness (QED) is 0.0321. The lowest BCUT2D eigenvalue weighted by Crippen LogP contribution is -2.45. The second kappa shape index (κ2) is 57.2. The third kappa shape index (κ3) is 53.8. The zero-order valence-corrected chi connectivity index (χ0v) is 45.4. The molecule has 0 aromatic heterocycles. The molecule has 0 saturated heterocycles. The molecular weight excluding hydrogens is 827 g/mol. The highest BCUT2D eigenvalue weighted by atomic mass is 16.5. The molecule has 6 nitrogen and oxygen atoms in total. The normalized spacial score (nSPS) is 12.6. The van der Waals surface area contributed by atoms with Crippen LogP contribution in [0.1, 0.15) is 341 Å². The minimum absolute atomic E-state index is 0.00639. The van der Waals surface area contributed by atoms with E-state index < -0.39 is 12.1 Å². The van der Waals surface area contributed by atoms with Crippen molar-refractivity contribution in [2.75, 3.05) is 13.2 Å². The number of carbonyl (C=O) groups is 2. The summed E-state index contributed by atoms with van der Waals surface area (Å²) in [4.78, 5) is 24.5. The predicted octanol–water partition coefficient (Wildman–Crippen LogP) is 18.9. The Balaban J connectivity index is 3.35. The van der Waals surface area contributed by atoms with E-state index in [0.717, 1.165) is 44.9 Å². The molecule has 1 amide bonds. The van der Waals surface area contributed by atoms with Gasteiger partial charge in [-0.2, -0.15) is 0 Å². The maximum atomic E-state index is 12.5. The van der Waals surface area contributed by atoms with Gasteiger partial charge in [-0.25, -0.2) is 0 Å². The van der Waals surface area contributed by atoms with Gasteiger partial charge in [-0.1, -0.05) is 289 Å². The first kappa shape index (κ1) is 65.6. The van der Waals surface area contributed by atoms with Crippen molar-refractivity contribution in [2.24, 2.45) is 0 Å². The summed E-state index contributed by atoms with van der Waals surface area (Å²) in [6.45, 7) is 4.96. The van der Waals surface area contributed by atoms with E-state index in [4.69, 9.17) is 4.74 Å². The minimum Gasteiger partial charge on any atom is -0.466 e. The van der Waals surface area contributed by atoms with Gasteiger partial charge in [0, 0.05) is 12.8 Å². The lowest BCUT2D eigenvalue weighted by Gasteiger charge is -2.22. The number of rotatable bonds is 57. The summed E-state index contributed by atoms with van der Waals surface area (Å²) in [5, 5.41) is 23.2. The van der Waals surface area contributed by atoms with Gasteiger partial charge in [0.05, 0.1) is 25.4 Å². The number of hydrogen-bond donors (Lipinski definition) is 3. The zero-order chi connectivity index (χ0) is 48.6. The fraction of sp³-hybridized carbons (Fsp3) is 0.934. The summed E-state index contributed by atoms with van der Waals surface area (Å²) in [5.74, 6) is -0.0266. The average Bonchev–Trinajstić information content (AvgIpc) is 3.33. The molecule has 0 aromatic carbocycles. The highest BCUT2D eigenvalue weighted by Gasteiger charge is 2.20. The van der Waals surface area contributed by atoms with Crippen LogP contribution in [-0.4, -0.2) is 47.4 Å². The topological polar surface area (TPSA) is 95.9 Å². The van der Waals surface area contributed by atoms with Crippen molar-refractivity contribution in [3.63, 3.8) is 0 Å². The summed E-state index contributed by atoms with van der Waals surface area (Å²) in [6, 6.07) is -0.539. The first-order valence-corrected chi connectivity index (χ1v) is 30.4. The third-order valence-corrected chi connectivity index (χ3v) is 14.3. The van der Waals surface area contributed by atoms with Crippen LogP contribution in [0.15, 0.2) is 12.2 Å². The number of amides is 1. The van der Waals surface area contributed by atoms with Crippen LogP contribution in [0.25, 0.3) is 0 Å². The number of unbranched alkanes of at least 4 members (excludes halogenated alkanes) is 44. The molecule has 0 aliphatic heterocycles. The fourth-order valence-electron chi connectivity index (χ4n) is 9.64. The van der Waals surface area contributed by atoms with Crippen molar-refractivity contribution in [2.45, 2.75) is 353 Å². The number of aliphatic hydroxyl groups excluding tert-OH is 2. The molecule has 398 valence electrons. The maximum absolute atomic E-state index is 12.5. The van der Waals surface area contributed by atoms with E-state index >= 15 is 0 Å². The molecule has 0 aromatic rings. The Morgan fingerprint density at radius 1 is 0.403 bits per heavy atom. The van der Waals surface area contributed by atoms with Gasteiger partial charge in [-0.15, -0.1) is 0 Å². The Hall–Kier alpha value is -1.40. The lowest BCUT2D eigenvalue weighted by molar-refractivity contribution is -0.143. The van der Waals surface area contributed by atoms with Crippen molar-refractivity contribution in [1.29, 1.82) is 0 Å². The minimum atomic E-state index is -0.662. The van der Waals surface area contributed by atoms with Gasteiger partial charge in [-0.3, -0.25) is 9.59 Å². The highest BCUT2D eigenvalue weighted by molar-refractivity contribution is 5.76. The molecule has 0 spiro atoms. The van der Waals surface area contributed by atoms with Crippen molar-refractivity contribution in [3.05, 3.63) is 12.2 Å². The molecule has 0 heterocycles. The van der Waals surface area contributed by atoms with Crippen molar-refractivity contribution >= 4 is 11.9 Å². The molecule has 0 aliphatic carbocycles. The number of hydrogen-bond acceptors (Lipinski definition) is 5. The van der Waals surface area contributed by atoms with Crippen LogP contribution in [0.3, 0.4) is 0 Å². The summed E-state index contributed by atoms with van der Waals surface area (Å²) in [7, 11) is 0. The van der Waals surface area contributed by atoms with Crippen LogP contribution < -0.4 is 5.32 Å². The van der Waals surface area contributed by atoms with Crippen LogP contribution in [0, 0.1) is 0 Å². The number of allylic oxidation sites excluding steroid dienone is 2. The molecule has 0 saturated carbocycles. The molecule has 3 N–H and O–H groups in total. The van der Waals surface area contributed by atoms with Gasteiger partial charge >= 0.3 is 5.97 Å². The Labute approximate surface area is 419 Å². The van der Waals surface area contributed by atoms with E-state index in [1.54, 1.807) is 0 Å². The number of nitrogens with one attached hydrogen (secondary N) is 1. The van der Waals surface area contributed by atoms with Crippen LogP contribution >= 0.6 is 0 Å². The van der Waals surface area contributed by atoms with E-state index in [2.05, 4.69) is 31.3 Å². The smallest absolute Gasteiger partial charge is 0.305 e. The van der Waals surface area contributed by atoms with Gasteiger partial charge in [0.25, 0.3) is 0 Å². The summed E-state index contributed by atoms with van der Waals surface area (Å²) >= 11 is 0. The molecular formula is C61H119NO5. The van der Waals surface area contributed by atoms with Crippen LogP contribution in [-0.2, 0) is 14.3 Å². The summed E-state index contributed by atoms with van der Waals surface area (Å²) < 4.78 is 5.48. The second-order valence-electron chi connectivity index (χ2n) is 21.0. The van der Waals surface area contributed by atoms with Gasteiger partial charge in [-0.05, 0) is 51.4 Å². The molecule has 0 aliphatic rings. The van der Waals surface area contributed by atoms with Crippen LogP contribution in [0.2, 0.25) is 0 Å². The molecule has 0 bridgehead atoms. The summed E-state index contributed by atoms with van der Waals surface area (Å²) in [6.07, 6.45) is 67.9. The molecule has 0 rings (SSSR count). The highest BCUT2D eigenvalue weighted by Crippen LogP contribution is 2.18. The number of aliphatic hydroxyl groups is 2. The van der Waals surface area contributed by atoms with E-state index in [1.165, 1.54) is 263 Å². The second-order valence-corrected chi connectivity index (χ2v) is 21.0. The first-order chi connectivity index (χ1) is 33.0. The van der Waals surface area contributed by atoms with E-state index in [0.29, 0.717) is 25.9 Å². The maximum Gasteiger partial charge on any atom is 0.305 e. The van der Waals surface area contributed by atoms with Crippen LogP contribution in [0.4, 0.5) is 0 Å². The van der Waals surface area contributed by atoms with E-state index in [1.807, 2.05) is 0 Å². The van der Waals surface area contributed by atoms with Crippen molar-refractivity contribution in [3.8, 4) is 0 Å². The van der Waals surface area contributed by atoms with Gasteiger partial charge in [0.15, 0.2) is 0 Å². The SMILES string of the molecule is CCCCCCC/C=C\CCCCCCCC(=O)OCCCCCCCCCCCCCCCCCCCCCCCCCC(=O)NC(CO)C(O)CCCCCCCCCCCCCCC. The molecule has 0 fully saturated rings. The molecule has 67 heavy (non-hydrogen) atoms. The van der Waals surface area contributed by atoms with Crippen molar-refractivity contribution < 1.29 is 24.5 Å². The molecule has 6 heteroatoms. The number of esters is 1. The van der Waals surface area contributed by atoms with Gasteiger partial charge in [0.2, 0.25) is 5.91 Å². The lowest BCUT2D eigenvalue weighted by atomic mass is 10.0. The number of ether oxygens (including phenoxy) is 1. The monoisotopic (exact) mass is 946 g/mol. The Kier molecular flexibility index (Phi) is 56.0. The summed E-state index contributed by atoms with van der Waals surface area (Å²) in [5.41, 5.74) is 0. The molecule has 2 atom stereocenters. The Morgan fingerprint density at radius 3 is 1.06 bits per heavy atom. The predicted molar refractivity (Wildman–Crippen MR) is 292 cm³/mol. The standard InChI is InChI=1S/C61H119NO5/c1-3-5-7-9-11-13-15-17-31-35-39-43-47-51-55-61(66)67-56-52-48-44-40-36-32-28-26-24-22-20-18-19-21-23-25-27-30-34-38-42-46-50-54-60(65)62-58(57-63)59(64)53-49-45-41-37-33-29-16-14-12-10-8-6-4-2/h15,17,58-59,63-64H,3-14,16,18-57H2,1-2H3,(H,62,65)/b17-15-. The molecule has 2 unspecified atom stereocenters. The largest absolute Gasteiger partial charge is 0.466 e. The van der Waals surface area contributed by atoms with E-state index in [-0.39, 0.29) is 18.5 Å².